The molecule has 0 heterocycles. The summed E-state index contributed by atoms with van der Waals surface area (Å²) < 4.78 is 9.77. The maximum Gasteiger partial charge on any atom is 0.343 e. The van der Waals surface area contributed by atoms with Gasteiger partial charge in [0.15, 0.2) is 5.78 Å². The Labute approximate surface area is 140 Å². The van der Waals surface area contributed by atoms with E-state index in [-0.39, 0.29) is 12.2 Å². The van der Waals surface area contributed by atoms with E-state index in [9.17, 15) is 14.4 Å². The van der Waals surface area contributed by atoms with Crippen LogP contribution in [0.3, 0.4) is 0 Å². The summed E-state index contributed by atoms with van der Waals surface area (Å²) in [7, 11) is 1.25. The average molecular weight is 326 g/mol. The van der Waals surface area contributed by atoms with E-state index in [1.54, 1.807) is 55.5 Å². The molecule has 2 aromatic rings. The summed E-state index contributed by atoms with van der Waals surface area (Å²) >= 11 is 0. The van der Waals surface area contributed by atoms with Crippen molar-refractivity contribution in [3.63, 3.8) is 0 Å². The Kier molecular flexibility index (Phi) is 5.84. The van der Waals surface area contributed by atoms with Gasteiger partial charge in [-0.1, -0.05) is 37.3 Å². The lowest BCUT2D eigenvalue weighted by molar-refractivity contribution is -0.143. The molecule has 0 spiro atoms. The van der Waals surface area contributed by atoms with Crippen molar-refractivity contribution in [3.8, 4) is 5.75 Å². The fraction of sp³-hybridized carbons (Fsp3) is 0.211. The fourth-order valence-corrected chi connectivity index (χ4v) is 2.12. The van der Waals surface area contributed by atoms with E-state index in [1.165, 1.54) is 7.11 Å². The molecule has 0 bridgehead atoms. The van der Waals surface area contributed by atoms with Crippen LogP contribution in [0.15, 0.2) is 54.6 Å². The van der Waals surface area contributed by atoms with E-state index in [0.29, 0.717) is 11.3 Å². The van der Waals surface area contributed by atoms with E-state index >= 15 is 0 Å². The van der Waals surface area contributed by atoms with Gasteiger partial charge in [-0.25, -0.2) is 4.79 Å². The lowest BCUT2D eigenvalue weighted by Gasteiger charge is -2.11. The molecule has 5 heteroatoms. The van der Waals surface area contributed by atoms with Crippen LogP contribution < -0.4 is 4.74 Å². The van der Waals surface area contributed by atoms with E-state index in [0.717, 1.165) is 5.56 Å². The first-order valence-electron chi connectivity index (χ1n) is 7.48. The van der Waals surface area contributed by atoms with Gasteiger partial charge >= 0.3 is 11.9 Å². The summed E-state index contributed by atoms with van der Waals surface area (Å²) in [4.78, 5) is 35.1. The average Bonchev–Trinajstić information content (AvgIpc) is 2.62. The molecule has 0 fully saturated rings. The molecule has 0 aliphatic rings. The molecule has 5 nitrogen and oxygen atoms in total. The Bertz CT molecular complexity index is 719. The first kappa shape index (κ1) is 17.4. The number of benzene rings is 2. The number of hydrogen-bond acceptors (Lipinski definition) is 5. The van der Waals surface area contributed by atoms with Crippen molar-refractivity contribution in [2.75, 3.05) is 7.11 Å². The van der Waals surface area contributed by atoms with Crippen molar-refractivity contribution in [1.82, 2.24) is 0 Å². The number of Topliss-reactive ketones (excluding diaryl/α,β-unsaturated/α-hetero) is 1. The van der Waals surface area contributed by atoms with Gasteiger partial charge in [-0.3, -0.25) is 9.59 Å². The number of ether oxygens (including phenoxy) is 2. The number of hydrogen-bond donors (Lipinski definition) is 0. The number of rotatable bonds is 6. The molecule has 0 N–H and O–H groups in total. The van der Waals surface area contributed by atoms with Crippen LogP contribution in [0.4, 0.5) is 0 Å². The van der Waals surface area contributed by atoms with Crippen LogP contribution in [0, 0.1) is 0 Å². The zero-order chi connectivity index (χ0) is 17.5. The first-order valence-corrected chi connectivity index (χ1v) is 7.48. The Morgan fingerprint density at radius 2 is 1.58 bits per heavy atom. The number of esters is 2. The van der Waals surface area contributed by atoms with Crippen LogP contribution in [0.5, 0.6) is 5.75 Å². The molecular formula is C19H18O5. The topological polar surface area (TPSA) is 69.7 Å². The zero-order valence-corrected chi connectivity index (χ0v) is 13.5. The van der Waals surface area contributed by atoms with Crippen LogP contribution >= 0.6 is 0 Å². The van der Waals surface area contributed by atoms with Gasteiger partial charge in [-0.15, -0.1) is 0 Å². The normalized spacial score (nSPS) is 11.4. The van der Waals surface area contributed by atoms with Crippen LogP contribution in [0.2, 0.25) is 0 Å². The standard InChI is InChI=1S/C19H18O5/c1-13(17(20)12-18(21)23-2)14-8-10-16(11-9-14)24-19(22)15-6-4-3-5-7-15/h3-11,13H,12H2,1-2H3/t13-/m1/s1. The van der Waals surface area contributed by atoms with E-state index in [1.807, 2.05) is 6.07 Å². The van der Waals surface area contributed by atoms with Gasteiger partial charge in [0.05, 0.1) is 12.7 Å². The minimum Gasteiger partial charge on any atom is -0.469 e. The number of ketones is 1. The highest BCUT2D eigenvalue weighted by molar-refractivity contribution is 5.99. The van der Waals surface area contributed by atoms with Gasteiger partial charge in [0.1, 0.15) is 12.2 Å². The predicted molar refractivity (Wildman–Crippen MR) is 87.9 cm³/mol. The van der Waals surface area contributed by atoms with E-state index in [4.69, 9.17) is 4.74 Å². The molecule has 0 saturated heterocycles. The zero-order valence-electron chi connectivity index (χ0n) is 13.5. The number of methoxy groups -OCH3 is 1. The van der Waals surface area contributed by atoms with Crippen molar-refractivity contribution in [3.05, 3.63) is 65.7 Å². The summed E-state index contributed by atoms with van der Waals surface area (Å²) in [6.45, 7) is 1.72. The molecule has 0 saturated carbocycles. The summed E-state index contributed by atoms with van der Waals surface area (Å²) in [5, 5.41) is 0. The molecular weight excluding hydrogens is 308 g/mol. The predicted octanol–water partition coefficient (Wildman–Crippen LogP) is 3.14. The summed E-state index contributed by atoms with van der Waals surface area (Å²) in [5.41, 5.74) is 1.20. The highest BCUT2D eigenvalue weighted by atomic mass is 16.5. The number of carbonyl (C=O) groups is 3. The Morgan fingerprint density at radius 1 is 0.958 bits per heavy atom. The van der Waals surface area contributed by atoms with Crippen molar-refractivity contribution < 1.29 is 23.9 Å². The second-order valence-electron chi connectivity index (χ2n) is 5.27. The summed E-state index contributed by atoms with van der Waals surface area (Å²) in [6.07, 6.45) is -0.261. The minimum absolute atomic E-state index is 0.226. The monoisotopic (exact) mass is 326 g/mol. The first-order chi connectivity index (χ1) is 11.5. The van der Waals surface area contributed by atoms with Crippen LogP contribution in [0.25, 0.3) is 0 Å². The van der Waals surface area contributed by atoms with Crippen molar-refractivity contribution >= 4 is 17.7 Å². The van der Waals surface area contributed by atoms with Crippen molar-refractivity contribution in [2.45, 2.75) is 19.3 Å². The maximum atomic E-state index is 12.0. The van der Waals surface area contributed by atoms with E-state index < -0.39 is 17.9 Å². The molecule has 0 radical (unpaired) electrons. The highest BCUT2D eigenvalue weighted by Gasteiger charge is 2.19. The lowest BCUT2D eigenvalue weighted by Crippen LogP contribution is -2.15. The Hall–Kier alpha value is -2.95. The molecule has 0 aliphatic heterocycles. The smallest absolute Gasteiger partial charge is 0.343 e. The van der Waals surface area contributed by atoms with Gasteiger partial charge in [0.25, 0.3) is 0 Å². The van der Waals surface area contributed by atoms with Gasteiger partial charge in [0.2, 0.25) is 0 Å². The van der Waals surface area contributed by atoms with E-state index in [2.05, 4.69) is 4.74 Å². The third kappa shape index (κ3) is 4.52. The third-order valence-electron chi connectivity index (χ3n) is 3.63. The second kappa shape index (κ2) is 8.06. The summed E-state index contributed by atoms with van der Waals surface area (Å²) in [6, 6.07) is 15.3. The molecule has 24 heavy (non-hydrogen) atoms. The second-order valence-corrected chi connectivity index (χ2v) is 5.27. The fourth-order valence-electron chi connectivity index (χ4n) is 2.12. The molecule has 1 atom stereocenters. The Balaban J connectivity index is 2.01. The van der Waals surface area contributed by atoms with Crippen molar-refractivity contribution in [1.29, 1.82) is 0 Å². The van der Waals surface area contributed by atoms with Gasteiger partial charge in [-0.05, 0) is 29.8 Å². The van der Waals surface area contributed by atoms with Crippen LogP contribution in [0.1, 0.15) is 35.2 Å². The quantitative estimate of drug-likeness (QED) is 0.463. The van der Waals surface area contributed by atoms with Crippen LogP contribution in [-0.2, 0) is 14.3 Å². The highest BCUT2D eigenvalue weighted by Crippen LogP contribution is 2.22. The lowest BCUT2D eigenvalue weighted by atomic mass is 9.95. The molecule has 0 aromatic heterocycles. The molecule has 0 aliphatic carbocycles. The van der Waals surface area contributed by atoms with Gasteiger partial charge in [0, 0.05) is 5.92 Å². The summed E-state index contributed by atoms with van der Waals surface area (Å²) in [5.74, 6) is -1.28. The molecule has 0 unspecified atom stereocenters. The SMILES string of the molecule is COC(=O)CC(=O)[C@H](C)c1ccc(OC(=O)c2ccccc2)cc1. The minimum atomic E-state index is -0.555. The van der Waals surface area contributed by atoms with Crippen molar-refractivity contribution in [2.24, 2.45) is 0 Å². The molecule has 2 aromatic carbocycles. The molecule has 0 amide bonds. The molecule has 2 rings (SSSR count). The maximum absolute atomic E-state index is 12.0. The molecule has 124 valence electrons. The van der Waals surface area contributed by atoms with Crippen LogP contribution in [-0.4, -0.2) is 24.8 Å². The number of carbonyl (C=O) groups excluding carboxylic acids is 3. The van der Waals surface area contributed by atoms with Gasteiger partial charge < -0.3 is 9.47 Å². The third-order valence-corrected chi connectivity index (χ3v) is 3.63. The van der Waals surface area contributed by atoms with Gasteiger partial charge in [-0.2, -0.15) is 0 Å². The largest absolute Gasteiger partial charge is 0.469 e. The Morgan fingerprint density at radius 3 is 2.17 bits per heavy atom.